The SMILES string of the molecule is O=C(O)C1CCC(c2nc(-c3cccc(Cl)c3)no2)O1. The lowest BCUT2D eigenvalue weighted by atomic mass is 10.2. The molecule has 2 aromatic rings. The number of rotatable bonds is 3. The van der Waals surface area contributed by atoms with Gasteiger partial charge in [-0.3, -0.25) is 0 Å². The number of aromatic nitrogens is 2. The number of carboxylic acid groups (broad SMARTS) is 1. The van der Waals surface area contributed by atoms with Crippen LogP contribution in [0.1, 0.15) is 24.8 Å². The van der Waals surface area contributed by atoms with Crippen molar-refractivity contribution in [3.63, 3.8) is 0 Å². The van der Waals surface area contributed by atoms with Gasteiger partial charge in [0.15, 0.2) is 6.10 Å². The molecule has 1 aromatic heterocycles. The second-order valence-corrected chi connectivity index (χ2v) is 4.93. The lowest BCUT2D eigenvalue weighted by Gasteiger charge is -2.05. The van der Waals surface area contributed by atoms with E-state index in [-0.39, 0.29) is 0 Å². The Kier molecular flexibility index (Phi) is 3.42. The van der Waals surface area contributed by atoms with E-state index in [9.17, 15) is 4.79 Å². The summed E-state index contributed by atoms with van der Waals surface area (Å²) in [6.07, 6.45) is -0.277. The minimum absolute atomic E-state index is 0.295. The highest BCUT2D eigenvalue weighted by Gasteiger charge is 2.34. The van der Waals surface area contributed by atoms with Crippen molar-refractivity contribution in [3.8, 4) is 11.4 Å². The molecule has 0 spiro atoms. The topological polar surface area (TPSA) is 85.5 Å². The lowest BCUT2D eigenvalue weighted by molar-refractivity contribution is -0.150. The minimum Gasteiger partial charge on any atom is -0.479 e. The zero-order valence-electron chi connectivity index (χ0n) is 10.3. The second-order valence-electron chi connectivity index (χ2n) is 4.50. The number of carbonyl (C=O) groups is 1. The molecule has 1 aromatic carbocycles. The number of nitrogens with zero attached hydrogens (tertiary/aromatic N) is 2. The Balaban J connectivity index is 1.79. The fourth-order valence-corrected chi connectivity index (χ4v) is 2.30. The molecule has 1 aliphatic rings. The predicted molar refractivity (Wildman–Crippen MR) is 69.2 cm³/mol. The van der Waals surface area contributed by atoms with E-state index in [2.05, 4.69) is 10.1 Å². The summed E-state index contributed by atoms with van der Waals surface area (Å²) in [6.45, 7) is 0. The first-order valence-corrected chi connectivity index (χ1v) is 6.49. The van der Waals surface area contributed by atoms with Gasteiger partial charge in [0.25, 0.3) is 5.89 Å². The molecule has 0 saturated carbocycles. The molecule has 7 heteroatoms. The number of aliphatic carboxylic acids is 1. The molecule has 1 N–H and O–H groups in total. The summed E-state index contributed by atoms with van der Waals surface area (Å²) in [6, 6.07) is 7.09. The quantitative estimate of drug-likeness (QED) is 0.936. The molecule has 2 heterocycles. The fourth-order valence-electron chi connectivity index (χ4n) is 2.11. The van der Waals surface area contributed by atoms with Crippen LogP contribution in [-0.4, -0.2) is 27.3 Å². The van der Waals surface area contributed by atoms with Crippen LogP contribution >= 0.6 is 11.6 Å². The first-order chi connectivity index (χ1) is 9.63. The molecular formula is C13H11ClN2O4. The summed E-state index contributed by atoms with van der Waals surface area (Å²) < 4.78 is 10.5. The predicted octanol–water partition coefficient (Wildman–Crippen LogP) is 2.69. The third-order valence-electron chi connectivity index (χ3n) is 3.10. The van der Waals surface area contributed by atoms with E-state index in [1.165, 1.54) is 0 Å². The molecule has 1 aliphatic heterocycles. The lowest BCUT2D eigenvalue weighted by Crippen LogP contribution is -2.18. The smallest absolute Gasteiger partial charge is 0.332 e. The molecule has 20 heavy (non-hydrogen) atoms. The van der Waals surface area contributed by atoms with Gasteiger partial charge in [0.2, 0.25) is 5.82 Å². The molecule has 2 unspecified atom stereocenters. The van der Waals surface area contributed by atoms with E-state index >= 15 is 0 Å². The standard InChI is InChI=1S/C13H11ClN2O4/c14-8-3-1-2-7(6-8)11-15-12(20-16-11)9-4-5-10(19-9)13(17)18/h1-3,6,9-10H,4-5H2,(H,17,18). The van der Waals surface area contributed by atoms with Gasteiger partial charge in [-0.2, -0.15) is 4.98 Å². The van der Waals surface area contributed by atoms with Crippen molar-refractivity contribution in [1.29, 1.82) is 0 Å². The molecule has 2 atom stereocenters. The Morgan fingerprint density at radius 1 is 1.40 bits per heavy atom. The molecule has 1 saturated heterocycles. The number of hydrogen-bond donors (Lipinski definition) is 1. The maximum absolute atomic E-state index is 10.8. The monoisotopic (exact) mass is 294 g/mol. The number of halogens is 1. The van der Waals surface area contributed by atoms with Crippen molar-refractivity contribution < 1.29 is 19.2 Å². The summed E-state index contributed by atoms with van der Waals surface area (Å²) in [5, 5.41) is 13.3. The van der Waals surface area contributed by atoms with Crippen LogP contribution < -0.4 is 0 Å². The van der Waals surface area contributed by atoms with Crippen molar-refractivity contribution in [2.75, 3.05) is 0 Å². The third-order valence-corrected chi connectivity index (χ3v) is 3.33. The normalized spacial score (nSPS) is 22.1. The maximum Gasteiger partial charge on any atom is 0.332 e. The Morgan fingerprint density at radius 3 is 2.95 bits per heavy atom. The summed E-state index contributed by atoms with van der Waals surface area (Å²) >= 11 is 5.91. The average Bonchev–Trinajstić information content (AvgIpc) is 3.08. The van der Waals surface area contributed by atoms with Crippen molar-refractivity contribution in [2.24, 2.45) is 0 Å². The van der Waals surface area contributed by atoms with Gasteiger partial charge >= 0.3 is 5.97 Å². The number of carboxylic acids is 1. The average molecular weight is 295 g/mol. The highest BCUT2D eigenvalue weighted by Crippen LogP contribution is 2.33. The van der Waals surface area contributed by atoms with E-state index in [1.807, 2.05) is 6.07 Å². The number of hydrogen-bond acceptors (Lipinski definition) is 5. The zero-order chi connectivity index (χ0) is 14.1. The highest BCUT2D eigenvalue weighted by molar-refractivity contribution is 6.30. The third kappa shape index (κ3) is 2.52. The fraction of sp³-hybridized carbons (Fsp3) is 0.308. The van der Waals surface area contributed by atoms with Gasteiger partial charge in [-0.1, -0.05) is 28.9 Å². The van der Waals surface area contributed by atoms with Crippen molar-refractivity contribution in [1.82, 2.24) is 10.1 Å². The van der Waals surface area contributed by atoms with E-state index in [0.717, 1.165) is 5.56 Å². The Bertz CT molecular complexity index is 643. The molecular weight excluding hydrogens is 284 g/mol. The van der Waals surface area contributed by atoms with E-state index in [0.29, 0.717) is 29.6 Å². The van der Waals surface area contributed by atoms with Crippen LogP contribution in [0.25, 0.3) is 11.4 Å². The molecule has 0 radical (unpaired) electrons. The first-order valence-electron chi connectivity index (χ1n) is 6.11. The number of ether oxygens (including phenoxy) is 1. The van der Waals surface area contributed by atoms with Crippen LogP contribution in [0.3, 0.4) is 0 Å². The van der Waals surface area contributed by atoms with Crippen molar-refractivity contribution >= 4 is 17.6 Å². The van der Waals surface area contributed by atoms with E-state index in [1.54, 1.807) is 18.2 Å². The van der Waals surface area contributed by atoms with Gasteiger partial charge in [-0.25, -0.2) is 4.79 Å². The van der Waals surface area contributed by atoms with Gasteiger partial charge in [-0.15, -0.1) is 0 Å². The Morgan fingerprint density at radius 2 is 2.25 bits per heavy atom. The van der Waals surface area contributed by atoms with Crippen molar-refractivity contribution in [2.45, 2.75) is 25.0 Å². The van der Waals surface area contributed by atoms with Crippen LogP contribution in [0.4, 0.5) is 0 Å². The highest BCUT2D eigenvalue weighted by atomic mass is 35.5. The molecule has 0 bridgehead atoms. The molecule has 0 amide bonds. The van der Waals surface area contributed by atoms with Crippen molar-refractivity contribution in [3.05, 3.63) is 35.2 Å². The summed E-state index contributed by atoms with van der Waals surface area (Å²) in [5.41, 5.74) is 0.736. The van der Waals surface area contributed by atoms with Gasteiger partial charge in [0.1, 0.15) is 6.10 Å². The molecule has 0 aliphatic carbocycles. The first kappa shape index (κ1) is 13.1. The van der Waals surface area contributed by atoms with Crippen LogP contribution in [0.15, 0.2) is 28.8 Å². The Hall–Kier alpha value is -1.92. The minimum atomic E-state index is -0.970. The van der Waals surface area contributed by atoms with Gasteiger partial charge in [0.05, 0.1) is 0 Å². The second kappa shape index (κ2) is 5.22. The maximum atomic E-state index is 10.8. The summed E-state index contributed by atoms with van der Waals surface area (Å²) in [5.74, 6) is -0.268. The largest absolute Gasteiger partial charge is 0.479 e. The van der Waals surface area contributed by atoms with Crippen LogP contribution in [0.2, 0.25) is 5.02 Å². The Labute approximate surface area is 119 Å². The van der Waals surface area contributed by atoms with Crippen LogP contribution in [-0.2, 0) is 9.53 Å². The van der Waals surface area contributed by atoms with Crippen LogP contribution in [0.5, 0.6) is 0 Å². The molecule has 3 rings (SSSR count). The summed E-state index contributed by atoms with van der Waals surface area (Å²) in [4.78, 5) is 15.1. The van der Waals surface area contributed by atoms with Gasteiger partial charge < -0.3 is 14.4 Å². The molecule has 6 nitrogen and oxygen atoms in total. The van der Waals surface area contributed by atoms with Gasteiger partial charge in [-0.05, 0) is 25.0 Å². The molecule has 1 fully saturated rings. The number of benzene rings is 1. The van der Waals surface area contributed by atoms with Gasteiger partial charge in [0, 0.05) is 10.6 Å². The molecule has 104 valence electrons. The van der Waals surface area contributed by atoms with Crippen LogP contribution in [0, 0.1) is 0 Å². The van der Waals surface area contributed by atoms with E-state index < -0.39 is 18.2 Å². The van der Waals surface area contributed by atoms with E-state index in [4.69, 9.17) is 26.0 Å². The summed E-state index contributed by atoms with van der Waals surface area (Å²) in [7, 11) is 0. The zero-order valence-corrected chi connectivity index (χ0v) is 11.1.